The van der Waals surface area contributed by atoms with Gasteiger partial charge in [-0.1, -0.05) is 0 Å². The van der Waals surface area contributed by atoms with E-state index < -0.39 is 29.2 Å². The highest BCUT2D eigenvalue weighted by atomic mass is 32.2. The molecule has 14 nitrogen and oxygen atoms in total. The lowest BCUT2D eigenvalue weighted by molar-refractivity contribution is -0.394. The average molecular weight is 390 g/mol. The summed E-state index contributed by atoms with van der Waals surface area (Å²) in [7, 11) is 0. The molecule has 0 saturated heterocycles. The Bertz CT molecular complexity index is 1030. The van der Waals surface area contributed by atoms with Gasteiger partial charge in [-0.2, -0.15) is 9.36 Å². The van der Waals surface area contributed by atoms with Gasteiger partial charge in [-0.3, -0.25) is 9.59 Å². The van der Waals surface area contributed by atoms with E-state index in [1.165, 1.54) is 16.8 Å². The van der Waals surface area contributed by atoms with Gasteiger partial charge in [0.1, 0.15) is 6.54 Å². The van der Waals surface area contributed by atoms with Gasteiger partial charge in [-0.25, -0.2) is 0 Å². The highest BCUT2D eigenvalue weighted by molar-refractivity contribution is 7.99. The van der Waals surface area contributed by atoms with E-state index in [0.717, 1.165) is 16.4 Å². The zero-order valence-electron chi connectivity index (χ0n) is 13.3. The molecule has 0 aliphatic heterocycles. The van der Waals surface area contributed by atoms with Crippen LogP contribution in [0, 0.1) is 10.1 Å². The van der Waals surface area contributed by atoms with Crippen LogP contribution in [0.4, 0.5) is 5.95 Å². The van der Waals surface area contributed by atoms with Gasteiger partial charge < -0.3 is 21.6 Å². The van der Waals surface area contributed by atoms with E-state index in [2.05, 4.69) is 25.6 Å². The minimum absolute atomic E-state index is 0.00491. The zero-order chi connectivity index (χ0) is 19.6. The summed E-state index contributed by atoms with van der Waals surface area (Å²) in [5, 5.41) is 25.9. The van der Waals surface area contributed by atoms with E-state index in [-0.39, 0.29) is 10.3 Å². The molecule has 27 heavy (non-hydrogen) atoms. The fourth-order valence-electron chi connectivity index (χ4n) is 1.97. The largest absolute Gasteiger partial charge is 0.492 e. The molecule has 0 fully saturated rings. The van der Waals surface area contributed by atoms with Crippen LogP contribution < -0.4 is 11.5 Å². The summed E-state index contributed by atoms with van der Waals surface area (Å²) in [6.45, 7) is -0.405. The SMILES string of the molecule is NC(=O)Cn1nc([N+](=O)[O-])nc1Sc1nnnn1-c1ccc(C(N)=O)cc1. The van der Waals surface area contributed by atoms with Crippen LogP contribution in [0.2, 0.25) is 0 Å². The number of hydrogen-bond donors (Lipinski definition) is 2. The predicted molar refractivity (Wildman–Crippen MR) is 87.7 cm³/mol. The third-order valence-electron chi connectivity index (χ3n) is 3.12. The van der Waals surface area contributed by atoms with Gasteiger partial charge in [0.15, 0.2) is 0 Å². The van der Waals surface area contributed by atoms with Gasteiger partial charge in [-0.05, 0) is 44.6 Å². The number of nitro groups is 1. The van der Waals surface area contributed by atoms with Gasteiger partial charge in [0.05, 0.1) is 5.69 Å². The summed E-state index contributed by atoms with van der Waals surface area (Å²) < 4.78 is 2.30. The predicted octanol–water partition coefficient (Wildman–Crippen LogP) is -1.10. The molecular weight excluding hydrogens is 380 g/mol. The lowest BCUT2D eigenvalue weighted by Crippen LogP contribution is -2.20. The quantitative estimate of drug-likeness (QED) is 0.368. The van der Waals surface area contributed by atoms with E-state index in [9.17, 15) is 19.7 Å². The van der Waals surface area contributed by atoms with E-state index >= 15 is 0 Å². The van der Waals surface area contributed by atoms with Crippen LogP contribution in [0.1, 0.15) is 10.4 Å². The van der Waals surface area contributed by atoms with Crippen molar-refractivity contribution >= 4 is 29.5 Å². The van der Waals surface area contributed by atoms with Crippen molar-refractivity contribution in [1.29, 1.82) is 0 Å². The molecule has 3 aromatic rings. The van der Waals surface area contributed by atoms with E-state index in [1.54, 1.807) is 12.1 Å². The highest BCUT2D eigenvalue weighted by Crippen LogP contribution is 2.27. The van der Waals surface area contributed by atoms with Crippen molar-refractivity contribution in [3.05, 3.63) is 39.9 Å². The van der Waals surface area contributed by atoms with Crippen LogP contribution >= 0.6 is 11.8 Å². The first-order valence-electron chi connectivity index (χ1n) is 7.09. The van der Waals surface area contributed by atoms with Crippen molar-refractivity contribution in [2.24, 2.45) is 11.5 Å². The molecule has 1 aromatic carbocycles. The molecule has 15 heteroatoms. The fourth-order valence-corrected chi connectivity index (χ4v) is 2.78. The van der Waals surface area contributed by atoms with Crippen molar-refractivity contribution in [1.82, 2.24) is 35.0 Å². The number of hydrogen-bond acceptors (Lipinski definition) is 10. The number of carbonyl (C=O) groups is 2. The first-order valence-corrected chi connectivity index (χ1v) is 7.91. The van der Waals surface area contributed by atoms with Crippen LogP contribution in [0.5, 0.6) is 0 Å². The topological polar surface area (TPSA) is 204 Å². The van der Waals surface area contributed by atoms with Gasteiger partial charge >= 0.3 is 5.95 Å². The molecule has 0 atom stereocenters. The molecule has 2 heterocycles. The molecule has 0 aliphatic carbocycles. The number of amides is 2. The number of benzene rings is 1. The minimum atomic E-state index is -0.799. The Morgan fingerprint density at radius 2 is 1.89 bits per heavy atom. The monoisotopic (exact) mass is 390 g/mol. The molecule has 4 N–H and O–H groups in total. The first kappa shape index (κ1) is 17.9. The van der Waals surface area contributed by atoms with Gasteiger partial charge in [0.25, 0.3) is 5.16 Å². The number of aromatic nitrogens is 7. The van der Waals surface area contributed by atoms with Gasteiger partial charge in [0.2, 0.25) is 17.0 Å². The van der Waals surface area contributed by atoms with Gasteiger partial charge in [0, 0.05) is 22.4 Å². The highest BCUT2D eigenvalue weighted by Gasteiger charge is 2.25. The maximum atomic E-state index is 11.2. The summed E-state index contributed by atoms with van der Waals surface area (Å²) in [4.78, 5) is 36.1. The van der Waals surface area contributed by atoms with Crippen LogP contribution in [-0.4, -0.2) is 51.7 Å². The number of primary amides is 2. The van der Waals surface area contributed by atoms with Crippen LogP contribution in [0.3, 0.4) is 0 Å². The maximum absolute atomic E-state index is 11.2. The molecule has 2 aromatic heterocycles. The van der Waals surface area contributed by atoms with Gasteiger partial charge in [-0.15, -0.1) is 5.10 Å². The number of carbonyl (C=O) groups excluding carboxylic acids is 2. The standard InChI is InChI=1S/C12H10N10O4S/c13-8(23)5-20-11(15-10(17-20)22(25)26)27-12-16-18-19-21(12)7-3-1-6(2-4-7)9(14)24/h1-4H,5H2,(H2,13,23)(H2,14,24). The Morgan fingerprint density at radius 3 is 2.48 bits per heavy atom. The summed E-state index contributed by atoms with van der Waals surface area (Å²) in [5.41, 5.74) is 11.1. The first-order chi connectivity index (χ1) is 12.8. The Balaban J connectivity index is 1.93. The molecule has 0 radical (unpaired) electrons. The molecule has 3 rings (SSSR count). The molecule has 0 bridgehead atoms. The minimum Gasteiger partial charge on any atom is -0.390 e. The Hall–Kier alpha value is -3.88. The Labute approximate surface area is 153 Å². The lowest BCUT2D eigenvalue weighted by atomic mass is 10.2. The zero-order valence-corrected chi connectivity index (χ0v) is 14.1. The summed E-state index contributed by atoms with van der Waals surface area (Å²) in [6.07, 6.45) is 0. The summed E-state index contributed by atoms with van der Waals surface area (Å²) in [5.74, 6) is -2.03. The second-order valence-electron chi connectivity index (χ2n) is 4.96. The van der Waals surface area contributed by atoms with Crippen molar-refractivity contribution in [2.45, 2.75) is 16.9 Å². The summed E-state index contributed by atoms with van der Waals surface area (Å²) >= 11 is 0.845. The third-order valence-corrected chi connectivity index (χ3v) is 4.04. The normalized spacial score (nSPS) is 10.7. The molecular formula is C12H10N10O4S. The number of nitrogens with two attached hydrogens (primary N) is 2. The van der Waals surface area contributed by atoms with Crippen LogP contribution in [0.25, 0.3) is 5.69 Å². The van der Waals surface area contributed by atoms with E-state index in [0.29, 0.717) is 11.3 Å². The lowest BCUT2D eigenvalue weighted by Gasteiger charge is -2.03. The number of nitrogens with zero attached hydrogens (tertiary/aromatic N) is 8. The van der Waals surface area contributed by atoms with Crippen molar-refractivity contribution in [3.8, 4) is 5.69 Å². The van der Waals surface area contributed by atoms with E-state index in [1.807, 2.05) is 0 Å². The maximum Gasteiger partial charge on any atom is 0.492 e. The molecule has 0 aliphatic rings. The smallest absolute Gasteiger partial charge is 0.390 e. The summed E-state index contributed by atoms with van der Waals surface area (Å²) in [6, 6.07) is 6.12. The van der Waals surface area contributed by atoms with Crippen molar-refractivity contribution in [2.75, 3.05) is 0 Å². The molecule has 0 unspecified atom stereocenters. The van der Waals surface area contributed by atoms with Crippen LogP contribution in [-0.2, 0) is 11.3 Å². The Morgan fingerprint density at radius 1 is 1.19 bits per heavy atom. The van der Waals surface area contributed by atoms with Crippen molar-refractivity contribution in [3.63, 3.8) is 0 Å². The molecule has 0 saturated carbocycles. The number of tetrazole rings is 1. The van der Waals surface area contributed by atoms with Crippen molar-refractivity contribution < 1.29 is 14.5 Å². The fraction of sp³-hybridized carbons (Fsp3) is 0.0833. The second kappa shape index (κ2) is 7.16. The van der Waals surface area contributed by atoms with E-state index in [4.69, 9.17) is 11.5 Å². The number of rotatable bonds is 7. The molecule has 2 amide bonds. The molecule has 0 spiro atoms. The molecule has 138 valence electrons. The second-order valence-corrected chi connectivity index (χ2v) is 5.90. The average Bonchev–Trinajstić information content (AvgIpc) is 3.22. The van der Waals surface area contributed by atoms with Crippen LogP contribution in [0.15, 0.2) is 34.6 Å². The Kier molecular flexibility index (Phi) is 4.75. The third kappa shape index (κ3) is 3.87.